The number of rotatable bonds is 8. The zero-order chi connectivity index (χ0) is 14.3. The number of halogens is 2. The molecule has 0 aliphatic heterocycles. The summed E-state index contributed by atoms with van der Waals surface area (Å²) in [5, 5.41) is 3.30. The van der Waals surface area contributed by atoms with Crippen LogP contribution in [-0.2, 0) is 10.8 Å². The van der Waals surface area contributed by atoms with Crippen LogP contribution in [0.15, 0.2) is 23.1 Å². The van der Waals surface area contributed by atoms with Crippen LogP contribution in [0, 0.1) is 11.6 Å². The van der Waals surface area contributed by atoms with Gasteiger partial charge in [0.25, 0.3) is 0 Å². The van der Waals surface area contributed by atoms with Gasteiger partial charge in [0.1, 0.15) is 11.6 Å². The average Bonchev–Trinajstić information content (AvgIpc) is 2.39. The fourth-order valence-electron chi connectivity index (χ4n) is 1.87. The lowest BCUT2D eigenvalue weighted by molar-refractivity contribution is 0.508. The van der Waals surface area contributed by atoms with Gasteiger partial charge in [0.15, 0.2) is 0 Å². The van der Waals surface area contributed by atoms with Gasteiger partial charge in [0, 0.05) is 11.8 Å². The Morgan fingerprint density at radius 1 is 1.26 bits per heavy atom. The molecule has 1 rings (SSSR count). The number of hydrogen-bond acceptors (Lipinski definition) is 2. The molecule has 1 aromatic carbocycles. The summed E-state index contributed by atoms with van der Waals surface area (Å²) in [5.41, 5.74) is 0. The lowest BCUT2D eigenvalue weighted by Gasteiger charge is -2.17. The average molecular weight is 289 g/mol. The molecule has 0 saturated carbocycles. The predicted octanol–water partition coefficient (Wildman–Crippen LogP) is 3.24. The Morgan fingerprint density at radius 3 is 2.63 bits per heavy atom. The van der Waals surface area contributed by atoms with Crippen molar-refractivity contribution in [3.63, 3.8) is 0 Å². The molecular weight excluding hydrogens is 268 g/mol. The molecule has 1 N–H and O–H groups in total. The molecule has 2 nitrogen and oxygen atoms in total. The minimum Gasteiger partial charge on any atom is -0.313 e. The van der Waals surface area contributed by atoms with Crippen molar-refractivity contribution >= 4 is 10.8 Å². The molecule has 0 radical (unpaired) electrons. The molecule has 0 fully saturated rings. The SMILES string of the molecule is CCCNC(CCC)CS(=O)c1cc(F)ccc1F. The molecule has 0 saturated heterocycles. The topological polar surface area (TPSA) is 29.1 Å². The molecule has 0 heterocycles. The standard InChI is InChI=1S/C14H21F2NOS/c1-3-5-12(17-8-4-2)10-19(18)14-9-11(15)6-7-13(14)16/h6-7,9,12,17H,3-5,8,10H2,1-2H3. The number of nitrogens with one attached hydrogen (secondary N) is 1. The van der Waals surface area contributed by atoms with Gasteiger partial charge in [-0.25, -0.2) is 8.78 Å². The summed E-state index contributed by atoms with van der Waals surface area (Å²) in [4.78, 5) is -0.0422. The van der Waals surface area contributed by atoms with Gasteiger partial charge in [-0.15, -0.1) is 0 Å². The van der Waals surface area contributed by atoms with Crippen molar-refractivity contribution in [2.24, 2.45) is 0 Å². The third kappa shape index (κ3) is 5.37. The Bertz CT molecular complexity index is 426. The molecule has 0 aromatic heterocycles. The van der Waals surface area contributed by atoms with Gasteiger partial charge in [-0.2, -0.15) is 0 Å². The second kappa shape index (κ2) is 8.38. The molecule has 0 aliphatic rings. The van der Waals surface area contributed by atoms with Crippen molar-refractivity contribution < 1.29 is 13.0 Å². The van der Waals surface area contributed by atoms with E-state index >= 15 is 0 Å². The Hall–Kier alpha value is -0.810. The van der Waals surface area contributed by atoms with Crippen LogP contribution in [0.5, 0.6) is 0 Å². The Labute approximate surface area is 116 Å². The summed E-state index contributed by atoms with van der Waals surface area (Å²) in [6.45, 7) is 4.94. The van der Waals surface area contributed by atoms with E-state index in [1.807, 2.05) is 6.92 Å². The first-order chi connectivity index (χ1) is 9.08. The van der Waals surface area contributed by atoms with E-state index in [4.69, 9.17) is 0 Å². The third-order valence-electron chi connectivity index (χ3n) is 2.81. The normalized spacial score (nSPS) is 14.3. The van der Waals surface area contributed by atoms with Crippen LogP contribution in [-0.4, -0.2) is 22.5 Å². The number of benzene rings is 1. The van der Waals surface area contributed by atoms with Crippen molar-refractivity contribution in [1.82, 2.24) is 5.32 Å². The van der Waals surface area contributed by atoms with Crippen molar-refractivity contribution in [1.29, 1.82) is 0 Å². The first kappa shape index (κ1) is 16.2. The molecule has 108 valence electrons. The Balaban J connectivity index is 2.72. The van der Waals surface area contributed by atoms with E-state index in [1.54, 1.807) is 0 Å². The van der Waals surface area contributed by atoms with Crippen LogP contribution >= 0.6 is 0 Å². The van der Waals surface area contributed by atoms with Crippen LogP contribution in [0.1, 0.15) is 33.1 Å². The maximum atomic E-state index is 13.5. The summed E-state index contributed by atoms with van der Waals surface area (Å²) < 4.78 is 38.7. The van der Waals surface area contributed by atoms with Crippen molar-refractivity contribution in [2.75, 3.05) is 12.3 Å². The van der Waals surface area contributed by atoms with Gasteiger partial charge in [-0.05, 0) is 37.6 Å². The Kier molecular flexibility index (Phi) is 7.16. The summed E-state index contributed by atoms with van der Waals surface area (Å²) >= 11 is 0. The maximum Gasteiger partial charge on any atom is 0.139 e. The highest BCUT2D eigenvalue weighted by Crippen LogP contribution is 2.15. The molecule has 2 atom stereocenters. The van der Waals surface area contributed by atoms with Gasteiger partial charge in [0.2, 0.25) is 0 Å². The highest BCUT2D eigenvalue weighted by atomic mass is 32.2. The second-order valence-electron chi connectivity index (χ2n) is 4.53. The largest absolute Gasteiger partial charge is 0.313 e. The summed E-state index contributed by atoms with van der Waals surface area (Å²) in [7, 11) is -1.52. The van der Waals surface area contributed by atoms with E-state index in [9.17, 15) is 13.0 Å². The minimum atomic E-state index is -1.52. The zero-order valence-electron chi connectivity index (χ0n) is 11.4. The van der Waals surface area contributed by atoms with Gasteiger partial charge >= 0.3 is 0 Å². The summed E-state index contributed by atoms with van der Waals surface area (Å²) in [5.74, 6) is -0.849. The van der Waals surface area contributed by atoms with E-state index in [0.29, 0.717) is 5.75 Å². The molecule has 1 aromatic rings. The lowest BCUT2D eigenvalue weighted by Crippen LogP contribution is -2.34. The molecule has 0 bridgehead atoms. The van der Waals surface area contributed by atoms with Gasteiger partial charge in [-0.1, -0.05) is 20.3 Å². The van der Waals surface area contributed by atoms with Crippen molar-refractivity contribution in [3.8, 4) is 0 Å². The van der Waals surface area contributed by atoms with E-state index < -0.39 is 22.4 Å². The monoisotopic (exact) mass is 289 g/mol. The zero-order valence-corrected chi connectivity index (χ0v) is 12.2. The van der Waals surface area contributed by atoms with E-state index in [2.05, 4.69) is 12.2 Å². The maximum absolute atomic E-state index is 13.5. The van der Waals surface area contributed by atoms with Crippen LogP contribution in [0.2, 0.25) is 0 Å². The molecule has 0 aliphatic carbocycles. The van der Waals surface area contributed by atoms with E-state index in [1.165, 1.54) is 0 Å². The highest BCUT2D eigenvalue weighted by molar-refractivity contribution is 7.85. The van der Waals surface area contributed by atoms with Crippen LogP contribution in [0.3, 0.4) is 0 Å². The second-order valence-corrected chi connectivity index (χ2v) is 5.99. The van der Waals surface area contributed by atoms with Crippen molar-refractivity contribution in [3.05, 3.63) is 29.8 Å². The quantitative estimate of drug-likeness (QED) is 0.796. The molecule has 0 spiro atoms. The lowest BCUT2D eigenvalue weighted by atomic mass is 10.2. The smallest absolute Gasteiger partial charge is 0.139 e. The molecule has 2 unspecified atom stereocenters. The Morgan fingerprint density at radius 2 is 2.00 bits per heavy atom. The summed E-state index contributed by atoms with van der Waals surface area (Å²) in [6.07, 6.45) is 2.83. The first-order valence-corrected chi connectivity index (χ1v) is 7.97. The first-order valence-electron chi connectivity index (χ1n) is 6.65. The van der Waals surface area contributed by atoms with E-state index in [-0.39, 0.29) is 10.9 Å². The summed E-state index contributed by atoms with van der Waals surface area (Å²) in [6, 6.07) is 3.16. The van der Waals surface area contributed by atoms with E-state index in [0.717, 1.165) is 44.0 Å². The molecular formula is C14H21F2NOS. The molecule has 5 heteroatoms. The third-order valence-corrected chi connectivity index (χ3v) is 4.32. The number of hydrogen-bond donors (Lipinski definition) is 1. The fourth-order valence-corrected chi connectivity index (χ4v) is 3.22. The molecule has 19 heavy (non-hydrogen) atoms. The van der Waals surface area contributed by atoms with Gasteiger partial charge < -0.3 is 5.32 Å². The van der Waals surface area contributed by atoms with Gasteiger partial charge in [0.05, 0.1) is 15.7 Å². The van der Waals surface area contributed by atoms with Crippen molar-refractivity contribution in [2.45, 2.75) is 44.0 Å². The fraction of sp³-hybridized carbons (Fsp3) is 0.571. The highest BCUT2D eigenvalue weighted by Gasteiger charge is 2.16. The minimum absolute atomic E-state index is 0.0422. The van der Waals surface area contributed by atoms with Crippen LogP contribution < -0.4 is 5.32 Å². The molecule has 0 amide bonds. The van der Waals surface area contributed by atoms with Crippen LogP contribution in [0.4, 0.5) is 8.78 Å². The predicted molar refractivity (Wildman–Crippen MR) is 74.6 cm³/mol. The van der Waals surface area contributed by atoms with Crippen LogP contribution in [0.25, 0.3) is 0 Å². The van der Waals surface area contributed by atoms with Gasteiger partial charge in [-0.3, -0.25) is 4.21 Å².